The lowest BCUT2D eigenvalue weighted by atomic mass is 9.82. The molecule has 6 aromatic rings. The van der Waals surface area contributed by atoms with Crippen LogP contribution in [-0.4, -0.2) is 160 Å². The smallest absolute Gasteiger partial charge is 0.416 e. The fraction of sp³-hybridized carbons (Fsp3) is 0.455. The molecule has 3 atom stereocenters. The number of aryl methyl sites for hydroxylation is 2. The number of oxime groups is 1. The number of halogens is 4. The molecule has 560 valence electrons. The summed E-state index contributed by atoms with van der Waals surface area (Å²) in [6, 6.07) is 12.5. The first-order valence-electron chi connectivity index (χ1n) is 31.6. The van der Waals surface area contributed by atoms with Gasteiger partial charge in [0.1, 0.15) is 34.1 Å². The van der Waals surface area contributed by atoms with Crippen molar-refractivity contribution in [1.82, 2.24) is 34.2 Å². The number of aliphatic hydroxyl groups is 1. The van der Waals surface area contributed by atoms with Gasteiger partial charge in [-0.3, -0.25) is 19.9 Å². The molecule has 1 aliphatic carbocycles. The first kappa shape index (κ1) is 85.8. The molecule has 7 rings (SSSR count). The van der Waals surface area contributed by atoms with Crippen molar-refractivity contribution >= 4 is 105 Å². The van der Waals surface area contributed by atoms with E-state index in [1.165, 1.54) is 40.3 Å². The number of aliphatic hydroxyl groups excluding tert-OH is 1. The number of anilines is 1. The predicted octanol–water partition coefficient (Wildman–Crippen LogP) is 11.2. The van der Waals surface area contributed by atoms with E-state index in [9.17, 15) is 72.6 Å². The number of hydrogen-bond donors (Lipinski definition) is 5. The van der Waals surface area contributed by atoms with Crippen molar-refractivity contribution in [2.75, 3.05) is 58.1 Å². The number of urea groups is 1. The standard InChI is InChI=1S/C18H22ClNO3.C17H21N5O9S2.C17H29NO3S.C14H13F3N2O4S/c1-3-4-5-7-13(2)23-17(21)12-22-16-10-9-15(19)14-8-6-11-20-18(14)16;1-29-13-8-14(30-2)20-16(19-13)21-17(24)22-33(27,28)12-7-10(9-18-32(4,25)26)5-6-11(12)15(23)31-3;1-5-8-14(18-21-6-2)17-15(19)10-13(11-16(17)20)9-12(4)22-7-3;1-7-11(13(21)19(2)18-7)12(20)9-5-4-8(14(15,16)17)6-10(9)24(3,22)23/h6,8-11,13H,3-5,7,12H2,1-2H3;5-8,18H,9H2,1-4H3,(H2,19,20,21,22,24);12-13,19H,5-11H2,1-4H3;4-6,21H,1-3H3/b;;18-14+;. The summed E-state index contributed by atoms with van der Waals surface area (Å²) >= 11 is 8.03. The topological polar surface area (TPSA) is 389 Å². The normalized spacial score (nSPS) is 13.9. The number of amides is 2. The van der Waals surface area contributed by atoms with Crippen LogP contribution in [-0.2, 0) is 73.6 Å². The minimum absolute atomic E-state index is 0.00866. The van der Waals surface area contributed by atoms with E-state index in [2.05, 4.69) is 60.8 Å². The van der Waals surface area contributed by atoms with Crippen molar-refractivity contribution < 1.29 is 101 Å². The Morgan fingerprint density at radius 2 is 1.53 bits per heavy atom. The van der Waals surface area contributed by atoms with Crippen LogP contribution >= 0.6 is 23.4 Å². The molecule has 0 aliphatic heterocycles. The minimum Gasteiger partial charge on any atom is -0.511 e. The monoisotopic (exact) mass is 1530 g/mol. The number of rotatable bonds is 29. The lowest BCUT2D eigenvalue weighted by Gasteiger charge is -2.25. The van der Waals surface area contributed by atoms with Crippen LogP contribution in [0.1, 0.15) is 142 Å². The maximum atomic E-state index is 12.9. The van der Waals surface area contributed by atoms with E-state index in [1.54, 1.807) is 23.1 Å². The van der Waals surface area contributed by atoms with Crippen LogP contribution in [0.25, 0.3) is 10.9 Å². The number of benzene rings is 3. The molecule has 36 heteroatoms. The Hall–Kier alpha value is -8.64. The number of alkyl halides is 3. The van der Waals surface area contributed by atoms with E-state index >= 15 is 0 Å². The van der Waals surface area contributed by atoms with Gasteiger partial charge in [0.05, 0.1) is 77.8 Å². The van der Waals surface area contributed by atoms with Crippen LogP contribution in [0.5, 0.6) is 23.4 Å². The molecule has 3 heterocycles. The van der Waals surface area contributed by atoms with Gasteiger partial charge in [0, 0.05) is 55.1 Å². The third kappa shape index (κ3) is 26.3. The molecule has 0 saturated heterocycles. The van der Waals surface area contributed by atoms with E-state index in [4.69, 9.17) is 35.4 Å². The number of pyridine rings is 1. The Kier molecular flexibility index (Phi) is 33.4. The van der Waals surface area contributed by atoms with E-state index in [0.29, 0.717) is 77.1 Å². The molecular weight excluding hydrogens is 1440 g/mol. The number of unbranched alkanes of at least 4 members (excludes halogenated alkanes) is 2. The fourth-order valence-corrected chi connectivity index (χ4v) is 13.5. The zero-order chi connectivity index (χ0) is 76.5. The highest BCUT2D eigenvalue weighted by molar-refractivity contribution is 7.99. The Morgan fingerprint density at radius 1 is 0.863 bits per heavy atom. The van der Waals surface area contributed by atoms with E-state index < -0.39 is 80.6 Å². The highest BCUT2D eigenvalue weighted by Crippen LogP contribution is 2.36. The number of sulfone groups is 1. The maximum absolute atomic E-state index is 12.9. The van der Waals surface area contributed by atoms with Gasteiger partial charge in [-0.15, -0.1) is 0 Å². The zero-order valence-electron chi connectivity index (χ0n) is 58.5. The maximum Gasteiger partial charge on any atom is 0.416 e. The molecule has 0 saturated carbocycles. The number of aromatic hydroxyl groups is 1. The van der Waals surface area contributed by atoms with E-state index in [1.807, 2.05) is 44.7 Å². The summed E-state index contributed by atoms with van der Waals surface area (Å²) in [5, 5.41) is 32.2. The largest absolute Gasteiger partial charge is 0.511 e. The second kappa shape index (κ2) is 39.7. The molecule has 0 spiro atoms. The molecule has 3 aromatic heterocycles. The molecule has 28 nitrogen and oxygen atoms in total. The number of Topliss-reactive ketones (excluding diaryl/α,β-unsaturated/α-hetero) is 1. The van der Waals surface area contributed by atoms with Crippen LogP contribution in [0.4, 0.5) is 23.9 Å². The SMILES string of the molecule is CCC/C(=N\OCC)C1=C(O)CC(CC(C)SCC)CC1=O.CCCCCC(C)OC(=O)COc1ccc(Cl)c2cccnc12.COC(=O)c1ccc(CNS(C)(=O)=O)cc1S(=O)(=O)NC(=O)Nc1nc(OC)cc(OC)n1.Cc1nn(C)c(O)c1C(=O)c1ccc(C(F)(F)F)cc1S(C)(=O)=O. The van der Waals surface area contributed by atoms with Crippen LogP contribution in [0.15, 0.2) is 99.2 Å². The van der Waals surface area contributed by atoms with Gasteiger partial charge < -0.3 is 38.7 Å². The van der Waals surface area contributed by atoms with Crippen molar-refractivity contribution in [3.63, 3.8) is 0 Å². The Labute approximate surface area is 599 Å². The van der Waals surface area contributed by atoms with E-state index in [0.717, 1.165) is 85.9 Å². The molecular formula is C66H85ClF3N9O19S4. The Morgan fingerprint density at radius 3 is 2.09 bits per heavy atom. The molecule has 3 aromatic carbocycles. The molecule has 3 unspecified atom stereocenters. The summed E-state index contributed by atoms with van der Waals surface area (Å²) in [5.41, 5.74) is -0.313. The number of esters is 2. The quantitative estimate of drug-likeness (QED) is 0.00957. The van der Waals surface area contributed by atoms with Gasteiger partial charge >= 0.3 is 24.1 Å². The number of carbonyl (C=O) groups is 5. The summed E-state index contributed by atoms with van der Waals surface area (Å²) in [6.45, 7) is 13.8. The number of ketones is 2. The number of carbonyl (C=O) groups excluding carboxylic acids is 5. The highest BCUT2D eigenvalue weighted by atomic mass is 35.5. The summed E-state index contributed by atoms with van der Waals surface area (Å²) in [5.74, 6) is -0.971. The third-order valence-electron chi connectivity index (χ3n) is 14.5. The highest BCUT2D eigenvalue weighted by Gasteiger charge is 2.35. The first-order chi connectivity index (χ1) is 47.9. The summed E-state index contributed by atoms with van der Waals surface area (Å²) in [7, 11) is -7.28. The first-order valence-corrected chi connectivity index (χ1v) is 38.3. The van der Waals surface area contributed by atoms with Gasteiger partial charge in [-0.25, -0.2) is 53.8 Å². The number of thioether (sulfide) groups is 1. The number of fused-ring (bicyclic) bond motifs is 1. The van der Waals surface area contributed by atoms with Crippen LogP contribution in [0, 0.1) is 12.8 Å². The van der Waals surface area contributed by atoms with Gasteiger partial charge in [-0.05, 0) is 118 Å². The van der Waals surface area contributed by atoms with Gasteiger partial charge in [-0.2, -0.15) is 40.0 Å². The number of aromatic nitrogens is 5. The Balaban J connectivity index is 0.000000292. The van der Waals surface area contributed by atoms with Gasteiger partial charge in [-0.1, -0.05) is 69.8 Å². The lowest BCUT2D eigenvalue weighted by Crippen LogP contribution is -2.35. The number of sulfonamides is 2. The molecule has 102 heavy (non-hydrogen) atoms. The number of hydrogen-bond acceptors (Lipinski definition) is 25. The number of nitrogens with zero attached hydrogens (tertiary/aromatic N) is 6. The van der Waals surface area contributed by atoms with Crippen LogP contribution in [0.2, 0.25) is 5.02 Å². The van der Waals surface area contributed by atoms with Gasteiger partial charge in [0.25, 0.3) is 10.0 Å². The molecule has 2 amide bonds. The molecule has 0 radical (unpaired) electrons. The second-order valence-corrected chi connectivity index (χ2v) is 30.3. The van der Waals surface area contributed by atoms with Crippen molar-refractivity contribution in [1.29, 1.82) is 0 Å². The van der Waals surface area contributed by atoms with E-state index in [-0.39, 0.29) is 82.8 Å². The summed E-state index contributed by atoms with van der Waals surface area (Å²) in [4.78, 5) is 77.0. The molecule has 0 fully saturated rings. The second-order valence-electron chi connectivity index (χ2n) is 22.7. The molecule has 0 bridgehead atoms. The van der Waals surface area contributed by atoms with Crippen LogP contribution in [0.3, 0.4) is 0 Å². The average Bonchev–Trinajstić information content (AvgIpc) is 1.37. The number of ether oxygens (including phenoxy) is 5. The third-order valence-corrected chi connectivity index (χ3v) is 19.1. The molecule has 1 aliphatic rings. The predicted molar refractivity (Wildman–Crippen MR) is 377 cm³/mol. The Bertz CT molecular complexity index is 4330. The van der Waals surface area contributed by atoms with Gasteiger partial charge in [0.15, 0.2) is 22.2 Å². The van der Waals surface area contributed by atoms with Gasteiger partial charge in [0.2, 0.25) is 39.4 Å². The summed E-state index contributed by atoms with van der Waals surface area (Å²) < 4.78 is 141. The zero-order valence-corrected chi connectivity index (χ0v) is 62.5. The van der Waals surface area contributed by atoms with Crippen molar-refractivity contribution in [3.8, 4) is 23.4 Å². The minimum atomic E-state index is -4.76. The number of nitrogens with one attached hydrogen (secondary N) is 3. The average molecular weight is 1530 g/mol. The fourth-order valence-electron chi connectivity index (χ4n) is 9.85. The van der Waals surface area contributed by atoms with Crippen molar-refractivity contribution in [3.05, 3.63) is 123 Å². The van der Waals surface area contributed by atoms with Crippen molar-refractivity contribution in [2.24, 2.45) is 18.1 Å². The van der Waals surface area contributed by atoms with Crippen molar-refractivity contribution in [2.45, 2.75) is 140 Å². The van der Waals surface area contributed by atoms with Crippen LogP contribution < -0.4 is 29.0 Å². The number of methoxy groups -OCH3 is 3. The lowest BCUT2D eigenvalue weighted by molar-refractivity contribution is -0.151. The number of allylic oxidation sites excluding steroid dienone is 2. The summed E-state index contributed by atoms with van der Waals surface area (Å²) in [6.07, 6.45) is 6.26. The molecule has 5 N–H and O–H groups in total.